The Morgan fingerprint density at radius 3 is 2.75 bits per heavy atom. The van der Waals surface area contributed by atoms with Gasteiger partial charge < -0.3 is 9.64 Å². The third-order valence-electron chi connectivity index (χ3n) is 3.06. The van der Waals surface area contributed by atoms with Gasteiger partial charge >= 0.3 is 0 Å². The monoisotopic (exact) mass is 269 g/mol. The number of ether oxygens (including phenoxy) is 1. The third-order valence-corrected chi connectivity index (χ3v) is 3.06. The molecule has 0 unspecified atom stereocenters. The molecular formula is C14H15N5O. The number of hydrogen-bond acceptors (Lipinski definition) is 5. The molecule has 0 saturated carbocycles. The van der Waals surface area contributed by atoms with E-state index >= 15 is 0 Å². The Kier molecular flexibility index (Phi) is 2.98. The minimum Gasteiger partial charge on any atom is -0.494 e. The van der Waals surface area contributed by atoms with Crippen molar-refractivity contribution in [3.05, 3.63) is 36.7 Å². The number of rotatable bonds is 3. The number of aromatic nitrogens is 4. The number of nitrogens with zero attached hydrogens (tertiary/aromatic N) is 5. The second-order valence-electron chi connectivity index (χ2n) is 4.61. The molecule has 0 aliphatic rings. The van der Waals surface area contributed by atoms with Crippen molar-refractivity contribution in [3.8, 4) is 11.4 Å². The Morgan fingerprint density at radius 2 is 2.00 bits per heavy atom. The molecule has 6 nitrogen and oxygen atoms in total. The minimum absolute atomic E-state index is 0.746. The Morgan fingerprint density at radius 1 is 1.20 bits per heavy atom. The molecule has 2 aromatic heterocycles. The highest BCUT2D eigenvalue weighted by Gasteiger charge is 2.12. The van der Waals surface area contributed by atoms with Gasteiger partial charge in [0.25, 0.3) is 0 Å². The van der Waals surface area contributed by atoms with Crippen molar-refractivity contribution in [3.63, 3.8) is 0 Å². The fourth-order valence-electron chi connectivity index (χ4n) is 2.09. The molecule has 102 valence electrons. The molecular weight excluding hydrogens is 254 g/mol. The van der Waals surface area contributed by atoms with Crippen LogP contribution in [0.4, 0.5) is 5.82 Å². The fourth-order valence-corrected chi connectivity index (χ4v) is 2.09. The molecule has 0 atom stereocenters. The highest BCUT2D eigenvalue weighted by Crippen LogP contribution is 2.26. The predicted molar refractivity (Wildman–Crippen MR) is 77.5 cm³/mol. The summed E-state index contributed by atoms with van der Waals surface area (Å²) in [6, 6.07) is 7.75. The van der Waals surface area contributed by atoms with E-state index in [2.05, 4.69) is 15.3 Å². The van der Waals surface area contributed by atoms with E-state index in [9.17, 15) is 0 Å². The normalized spacial score (nSPS) is 10.8. The molecule has 0 aliphatic carbocycles. The highest BCUT2D eigenvalue weighted by molar-refractivity contribution is 5.87. The lowest BCUT2D eigenvalue weighted by Crippen LogP contribution is -2.11. The summed E-state index contributed by atoms with van der Waals surface area (Å²) in [7, 11) is 5.49. The van der Waals surface area contributed by atoms with Crippen LogP contribution in [-0.4, -0.2) is 41.2 Å². The molecule has 1 aromatic carbocycles. The summed E-state index contributed by atoms with van der Waals surface area (Å²) < 4.78 is 7.16. The van der Waals surface area contributed by atoms with E-state index in [1.54, 1.807) is 18.0 Å². The number of para-hydroxylation sites is 2. The zero-order valence-electron chi connectivity index (χ0n) is 11.6. The summed E-state index contributed by atoms with van der Waals surface area (Å²) in [6.45, 7) is 0. The quantitative estimate of drug-likeness (QED) is 0.726. The molecule has 2 heterocycles. The van der Waals surface area contributed by atoms with Gasteiger partial charge in [-0.2, -0.15) is 10.2 Å². The molecule has 0 spiro atoms. The number of benzene rings is 1. The lowest BCUT2D eigenvalue weighted by atomic mass is 10.3. The van der Waals surface area contributed by atoms with Gasteiger partial charge in [-0.1, -0.05) is 12.1 Å². The SMILES string of the molecule is COc1ccccc1-n1cc2cnnc(N(C)C)c2n1. The molecule has 0 N–H and O–H groups in total. The maximum atomic E-state index is 5.37. The summed E-state index contributed by atoms with van der Waals surface area (Å²) in [5.41, 5.74) is 1.70. The van der Waals surface area contributed by atoms with Crippen molar-refractivity contribution in [1.29, 1.82) is 0 Å². The molecule has 0 radical (unpaired) electrons. The lowest BCUT2D eigenvalue weighted by Gasteiger charge is -2.09. The minimum atomic E-state index is 0.746. The summed E-state index contributed by atoms with van der Waals surface area (Å²) in [5, 5.41) is 13.7. The van der Waals surface area contributed by atoms with E-state index in [0.717, 1.165) is 28.2 Å². The first-order valence-electron chi connectivity index (χ1n) is 6.22. The first-order valence-corrected chi connectivity index (χ1v) is 6.22. The summed E-state index contributed by atoms with van der Waals surface area (Å²) in [5.74, 6) is 1.52. The molecule has 20 heavy (non-hydrogen) atoms. The molecule has 3 rings (SSSR count). The smallest absolute Gasteiger partial charge is 0.179 e. The molecule has 3 aromatic rings. The zero-order valence-corrected chi connectivity index (χ0v) is 11.6. The average Bonchev–Trinajstić information content (AvgIpc) is 2.90. The van der Waals surface area contributed by atoms with Gasteiger partial charge in [0.15, 0.2) is 5.82 Å². The van der Waals surface area contributed by atoms with E-state index in [1.807, 2.05) is 49.5 Å². The predicted octanol–water partition coefficient (Wildman–Crippen LogP) is 1.89. The van der Waals surface area contributed by atoms with Crippen LogP contribution in [0.5, 0.6) is 5.75 Å². The second-order valence-corrected chi connectivity index (χ2v) is 4.61. The lowest BCUT2D eigenvalue weighted by molar-refractivity contribution is 0.412. The van der Waals surface area contributed by atoms with Crippen LogP contribution in [0.3, 0.4) is 0 Å². The first-order chi connectivity index (χ1) is 9.70. The van der Waals surface area contributed by atoms with Crippen LogP contribution in [0.15, 0.2) is 36.7 Å². The first kappa shape index (κ1) is 12.4. The Labute approximate surface area is 116 Å². The van der Waals surface area contributed by atoms with E-state index in [1.165, 1.54) is 0 Å². The Balaban J connectivity index is 2.21. The highest BCUT2D eigenvalue weighted by atomic mass is 16.5. The van der Waals surface area contributed by atoms with Gasteiger partial charge in [-0.3, -0.25) is 0 Å². The molecule has 0 bridgehead atoms. The van der Waals surface area contributed by atoms with Crippen LogP contribution >= 0.6 is 0 Å². The molecule has 0 amide bonds. The van der Waals surface area contributed by atoms with Crippen molar-refractivity contribution < 1.29 is 4.74 Å². The van der Waals surface area contributed by atoms with E-state index in [-0.39, 0.29) is 0 Å². The van der Waals surface area contributed by atoms with Crippen LogP contribution in [0, 0.1) is 0 Å². The van der Waals surface area contributed by atoms with Crippen molar-refractivity contribution in [2.24, 2.45) is 0 Å². The van der Waals surface area contributed by atoms with Gasteiger partial charge in [-0.25, -0.2) is 4.68 Å². The van der Waals surface area contributed by atoms with Crippen LogP contribution in [-0.2, 0) is 0 Å². The van der Waals surface area contributed by atoms with E-state index in [0.29, 0.717) is 0 Å². The average molecular weight is 269 g/mol. The number of fused-ring (bicyclic) bond motifs is 1. The van der Waals surface area contributed by atoms with Crippen molar-refractivity contribution >= 4 is 16.7 Å². The van der Waals surface area contributed by atoms with Gasteiger partial charge in [0.2, 0.25) is 0 Å². The number of anilines is 1. The standard InChI is InChI=1S/C14H15N5O/c1-18(2)14-13-10(8-15-16-14)9-19(17-13)11-6-4-5-7-12(11)20-3/h4-9H,1-3H3. The van der Waals surface area contributed by atoms with Gasteiger partial charge in [-0.15, -0.1) is 5.10 Å². The van der Waals surface area contributed by atoms with Crippen molar-refractivity contribution in [1.82, 2.24) is 20.0 Å². The number of hydrogen-bond donors (Lipinski definition) is 0. The van der Waals surface area contributed by atoms with Crippen LogP contribution < -0.4 is 9.64 Å². The summed E-state index contributed by atoms with van der Waals surface area (Å²) in [4.78, 5) is 1.90. The van der Waals surface area contributed by atoms with Crippen molar-refractivity contribution in [2.45, 2.75) is 0 Å². The van der Waals surface area contributed by atoms with Gasteiger partial charge in [0.05, 0.1) is 13.3 Å². The van der Waals surface area contributed by atoms with Gasteiger partial charge in [-0.05, 0) is 12.1 Å². The van der Waals surface area contributed by atoms with Gasteiger partial charge in [0, 0.05) is 25.7 Å². The Hall–Kier alpha value is -2.63. The molecule has 0 aliphatic heterocycles. The number of methoxy groups -OCH3 is 1. The maximum Gasteiger partial charge on any atom is 0.179 e. The largest absolute Gasteiger partial charge is 0.494 e. The van der Waals surface area contributed by atoms with Crippen LogP contribution in [0.2, 0.25) is 0 Å². The molecule has 6 heteroatoms. The summed E-state index contributed by atoms with van der Waals surface area (Å²) >= 11 is 0. The van der Waals surface area contributed by atoms with Crippen LogP contribution in [0.25, 0.3) is 16.6 Å². The molecule has 0 saturated heterocycles. The van der Waals surface area contributed by atoms with Gasteiger partial charge in [0.1, 0.15) is 17.0 Å². The summed E-state index contributed by atoms with van der Waals surface area (Å²) in [6.07, 6.45) is 3.64. The van der Waals surface area contributed by atoms with E-state index in [4.69, 9.17) is 4.74 Å². The molecule has 0 fully saturated rings. The zero-order chi connectivity index (χ0) is 14.1. The van der Waals surface area contributed by atoms with Crippen molar-refractivity contribution in [2.75, 3.05) is 26.1 Å². The topological polar surface area (TPSA) is 56.1 Å². The third kappa shape index (κ3) is 1.95. The second kappa shape index (κ2) is 4.80. The fraction of sp³-hybridized carbons (Fsp3) is 0.214. The maximum absolute atomic E-state index is 5.37. The van der Waals surface area contributed by atoms with Crippen LogP contribution in [0.1, 0.15) is 0 Å². The van der Waals surface area contributed by atoms with E-state index < -0.39 is 0 Å². The Bertz CT molecular complexity index is 750.